The molecule has 0 unspecified atom stereocenters. The molecule has 0 spiro atoms. The normalized spacial score (nSPS) is 10.3. The van der Waals surface area contributed by atoms with E-state index in [9.17, 15) is 9.18 Å². The lowest BCUT2D eigenvalue weighted by Crippen LogP contribution is -2.30. The van der Waals surface area contributed by atoms with Gasteiger partial charge in [0.05, 0.1) is 0 Å². The number of aromatic nitrogens is 1. The van der Waals surface area contributed by atoms with E-state index in [0.29, 0.717) is 12.3 Å². The second-order valence-corrected chi connectivity index (χ2v) is 4.53. The minimum absolute atomic E-state index is 0.0690. The fraction of sp³-hybridized carbons (Fsp3) is 0.267. The molecule has 4 nitrogen and oxygen atoms in total. The van der Waals surface area contributed by atoms with Gasteiger partial charge in [-0.05, 0) is 42.3 Å². The molecule has 1 N–H and O–H groups in total. The van der Waals surface area contributed by atoms with Crippen LogP contribution in [0.4, 0.5) is 4.39 Å². The van der Waals surface area contributed by atoms with Gasteiger partial charge in [-0.25, -0.2) is 4.39 Å². The Morgan fingerprint density at radius 1 is 1.30 bits per heavy atom. The summed E-state index contributed by atoms with van der Waals surface area (Å²) in [6.07, 6.45) is 4.76. The third kappa shape index (κ3) is 4.42. The number of nitrogens with one attached hydrogen (secondary N) is 1. The van der Waals surface area contributed by atoms with Crippen molar-refractivity contribution in [1.29, 1.82) is 0 Å². The van der Waals surface area contributed by atoms with Gasteiger partial charge in [0, 0.05) is 26.0 Å². The summed E-state index contributed by atoms with van der Waals surface area (Å²) in [6.45, 7) is 0.496. The predicted octanol–water partition coefficient (Wildman–Crippen LogP) is 1.90. The molecule has 0 saturated carbocycles. The number of hydrogen-bond donors (Lipinski definition) is 1. The second-order valence-electron chi connectivity index (χ2n) is 4.53. The lowest BCUT2D eigenvalue weighted by atomic mass is 10.2. The molecule has 1 aromatic heterocycles. The molecule has 106 valence electrons. The van der Waals surface area contributed by atoms with Crippen molar-refractivity contribution >= 4 is 5.91 Å². The standard InChI is InChI=1S/C15H17FN2O2/c1-18-9-7-12(10-18)6-8-17-15(19)11-20-14-4-2-13(16)3-5-14/h2-5,7,9-10H,6,8,11H2,1H3,(H,17,19). The molecule has 0 aliphatic heterocycles. The molecular weight excluding hydrogens is 259 g/mol. The van der Waals surface area contributed by atoms with Crippen LogP contribution in [0.2, 0.25) is 0 Å². The van der Waals surface area contributed by atoms with Crippen LogP contribution >= 0.6 is 0 Å². The quantitative estimate of drug-likeness (QED) is 0.875. The van der Waals surface area contributed by atoms with Gasteiger partial charge in [-0.2, -0.15) is 0 Å². The molecule has 2 aromatic rings. The predicted molar refractivity (Wildman–Crippen MR) is 74.0 cm³/mol. The summed E-state index contributed by atoms with van der Waals surface area (Å²) in [5.41, 5.74) is 1.17. The molecule has 1 heterocycles. The third-order valence-corrected chi connectivity index (χ3v) is 2.81. The first-order valence-corrected chi connectivity index (χ1v) is 6.39. The van der Waals surface area contributed by atoms with Crippen LogP contribution in [0.15, 0.2) is 42.7 Å². The van der Waals surface area contributed by atoms with Gasteiger partial charge < -0.3 is 14.6 Å². The first-order valence-electron chi connectivity index (χ1n) is 6.39. The fourth-order valence-corrected chi connectivity index (χ4v) is 1.79. The first-order chi connectivity index (χ1) is 9.63. The van der Waals surface area contributed by atoms with Crippen LogP contribution in [-0.2, 0) is 18.3 Å². The van der Waals surface area contributed by atoms with Crippen LogP contribution in [0.1, 0.15) is 5.56 Å². The number of ether oxygens (including phenoxy) is 1. The van der Waals surface area contributed by atoms with Crippen molar-refractivity contribution in [3.63, 3.8) is 0 Å². The molecule has 0 fully saturated rings. The summed E-state index contributed by atoms with van der Waals surface area (Å²) in [5, 5.41) is 2.77. The van der Waals surface area contributed by atoms with Crippen molar-refractivity contribution in [2.24, 2.45) is 7.05 Å². The van der Waals surface area contributed by atoms with E-state index in [0.717, 1.165) is 6.42 Å². The van der Waals surface area contributed by atoms with Crippen molar-refractivity contribution in [3.8, 4) is 5.75 Å². The first kappa shape index (κ1) is 14.1. The molecule has 2 rings (SSSR count). The Balaban J connectivity index is 1.66. The van der Waals surface area contributed by atoms with Crippen LogP contribution in [0.5, 0.6) is 5.75 Å². The van der Waals surface area contributed by atoms with Crippen molar-refractivity contribution in [1.82, 2.24) is 9.88 Å². The SMILES string of the molecule is Cn1ccc(CCNC(=O)COc2ccc(F)cc2)c1. The van der Waals surface area contributed by atoms with E-state index in [1.54, 1.807) is 0 Å². The smallest absolute Gasteiger partial charge is 0.257 e. The molecule has 0 aliphatic rings. The number of halogens is 1. The van der Waals surface area contributed by atoms with Gasteiger partial charge in [0.1, 0.15) is 11.6 Å². The van der Waals surface area contributed by atoms with Crippen LogP contribution in [0.25, 0.3) is 0 Å². The maximum absolute atomic E-state index is 12.7. The molecule has 0 saturated heterocycles. The summed E-state index contributed by atoms with van der Waals surface area (Å²) in [4.78, 5) is 11.6. The molecule has 0 atom stereocenters. The van der Waals surface area contributed by atoms with Gasteiger partial charge in [0.2, 0.25) is 0 Å². The molecule has 1 amide bonds. The van der Waals surface area contributed by atoms with E-state index in [1.807, 2.05) is 30.1 Å². The molecule has 0 aliphatic carbocycles. The highest BCUT2D eigenvalue weighted by Crippen LogP contribution is 2.10. The monoisotopic (exact) mass is 276 g/mol. The van der Waals surface area contributed by atoms with E-state index in [-0.39, 0.29) is 18.3 Å². The Kier molecular flexibility index (Phi) is 4.76. The highest BCUT2D eigenvalue weighted by molar-refractivity contribution is 5.77. The number of carbonyl (C=O) groups is 1. The van der Waals surface area contributed by atoms with Crippen molar-refractivity contribution in [3.05, 3.63) is 54.1 Å². The zero-order valence-electron chi connectivity index (χ0n) is 11.3. The van der Waals surface area contributed by atoms with E-state index in [4.69, 9.17) is 4.74 Å². The molecule has 0 bridgehead atoms. The molecule has 1 aromatic carbocycles. The van der Waals surface area contributed by atoms with Gasteiger partial charge in [-0.15, -0.1) is 0 Å². The van der Waals surface area contributed by atoms with Gasteiger partial charge in [-0.1, -0.05) is 0 Å². The molecule has 0 radical (unpaired) electrons. The summed E-state index contributed by atoms with van der Waals surface area (Å²) in [6, 6.07) is 7.59. The van der Waals surface area contributed by atoms with E-state index in [2.05, 4.69) is 5.32 Å². The van der Waals surface area contributed by atoms with Gasteiger partial charge in [0.15, 0.2) is 6.61 Å². The number of benzene rings is 1. The lowest BCUT2D eigenvalue weighted by Gasteiger charge is -2.07. The minimum atomic E-state index is -0.329. The zero-order chi connectivity index (χ0) is 14.4. The molecule has 5 heteroatoms. The van der Waals surface area contributed by atoms with Crippen LogP contribution in [-0.4, -0.2) is 23.6 Å². The Hall–Kier alpha value is -2.30. The number of rotatable bonds is 6. The third-order valence-electron chi connectivity index (χ3n) is 2.81. The molecule has 20 heavy (non-hydrogen) atoms. The summed E-state index contributed by atoms with van der Waals surface area (Å²) in [7, 11) is 1.96. The van der Waals surface area contributed by atoms with Crippen molar-refractivity contribution in [2.45, 2.75) is 6.42 Å². The topological polar surface area (TPSA) is 43.3 Å². The Bertz CT molecular complexity index is 564. The maximum atomic E-state index is 12.7. The van der Waals surface area contributed by atoms with Crippen LogP contribution < -0.4 is 10.1 Å². The maximum Gasteiger partial charge on any atom is 0.257 e. The highest BCUT2D eigenvalue weighted by atomic mass is 19.1. The summed E-state index contributed by atoms with van der Waals surface area (Å²) in [5.74, 6) is -0.0421. The highest BCUT2D eigenvalue weighted by Gasteiger charge is 2.03. The van der Waals surface area contributed by atoms with Gasteiger partial charge in [0.25, 0.3) is 5.91 Å². The van der Waals surface area contributed by atoms with E-state index < -0.39 is 0 Å². The van der Waals surface area contributed by atoms with Crippen LogP contribution in [0.3, 0.4) is 0 Å². The van der Waals surface area contributed by atoms with Crippen molar-refractivity contribution < 1.29 is 13.9 Å². The largest absolute Gasteiger partial charge is 0.484 e. The zero-order valence-corrected chi connectivity index (χ0v) is 11.3. The van der Waals surface area contributed by atoms with Gasteiger partial charge >= 0.3 is 0 Å². The van der Waals surface area contributed by atoms with Gasteiger partial charge in [-0.3, -0.25) is 4.79 Å². The molecular formula is C15H17FN2O2. The van der Waals surface area contributed by atoms with E-state index in [1.165, 1.54) is 29.8 Å². The average Bonchev–Trinajstić information content (AvgIpc) is 2.84. The summed E-state index contributed by atoms with van der Waals surface area (Å²) >= 11 is 0. The second kappa shape index (κ2) is 6.75. The van der Waals surface area contributed by atoms with E-state index >= 15 is 0 Å². The fourth-order valence-electron chi connectivity index (χ4n) is 1.79. The van der Waals surface area contributed by atoms with Crippen LogP contribution in [0, 0.1) is 5.82 Å². The number of hydrogen-bond acceptors (Lipinski definition) is 2. The average molecular weight is 276 g/mol. The minimum Gasteiger partial charge on any atom is -0.484 e. The lowest BCUT2D eigenvalue weighted by molar-refractivity contribution is -0.123. The Morgan fingerprint density at radius 3 is 2.70 bits per heavy atom. The Morgan fingerprint density at radius 2 is 2.05 bits per heavy atom. The Labute approximate surface area is 117 Å². The number of nitrogens with zero attached hydrogens (tertiary/aromatic N) is 1. The number of carbonyl (C=O) groups excluding carboxylic acids is 1. The number of aryl methyl sites for hydroxylation is 1. The van der Waals surface area contributed by atoms with Crippen molar-refractivity contribution in [2.75, 3.05) is 13.2 Å². The summed E-state index contributed by atoms with van der Waals surface area (Å²) < 4.78 is 19.9. The number of amides is 1.